The van der Waals surface area contributed by atoms with Gasteiger partial charge in [0.2, 0.25) is 11.8 Å². The van der Waals surface area contributed by atoms with Crippen LogP contribution in [0.3, 0.4) is 0 Å². The Hall–Kier alpha value is -3.38. The largest absolute Gasteiger partial charge is 0.479 e. The number of nitrogens with zero attached hydrogens (tertiary/aromatic N) is 8. The number of nitrogens with one attached hydrogen (secondary N) is 2. The van der Waals surface area contributed by atoms with Crippen LogP contribution >= 0.6 is 23.1 Å². The molecule has 4 aromatic rings. The number of benzene rings is 1. The number of hydrogen-bond donors (Lipinski definition) is 2. The molecule has 0 spiro atoms. The molecule has 1 aromatic carbocycles. The van der Waals surface area contributed by atoms with E-state index in [-0.39, 0.29) is 0 Å². The number of fused-ring (bicyclic) bond motifs is 2. The summed E-state index contributed by atoms with van der Waals surface area (Å²) in [7, 11) is 1.14. The molecule has 0 bridgehead atoms. The second-order valence-corrected chi connectivity index (χ2v) is 17.1. The number of halogens is 1. The molecule has 0 unspecified atom stereocenters. The molecule has 12 nitrogen and oxygen atoms in total. The van der Waals surface area contributed by atoms with Gasteiger partial charge in [0.1, 0.15) is 30.0 Å². The van der Waals surface area contributed by atoms with Gasteiger partial charge in [-0.1, -0.05) is 0 Å². The van der Waals surface area contributed by atoms with Crippen molar-refractivity contribution in [2.24, 2.45) is 0 Å². The van der Waals surface area contributed by atoms with E-state index in [9.17, 15) is 4.57 Å². The predicted octanol–water partition coefficient (Wildman–Crippen LogP) is 5.03. The highest BCUT2D eigenvalue weighted by atomic mass is 79.9. The van der Waals surface area contributed by atoms with E-state index in [1.54, 1.807) is 39.0 Å². The predicted molar refractivity (Wildman–Crippen MR) is 192 cm³/mol. The fourth-order valence-corrected chi connectivity index (χ4v) is 8.89. The van der Waals surface area contributed by atoms with Crippen molar-refractivity contribution in [1.82, 2.24) is 34.7 Å². The van der Waals surface area contributed by atoms with Crippen LogP contribution < -0.4 is 25.6 Å². The van der Waals surface area contributed by atoms with Gasteiger partial charge in [-0.2, -0.15) is 9.97 Å². The number of rotatable bonds is 8. The van der Waals surface area contributed by atoms with Crippen LogP contribution in [-0.2, 0) is 17.4 Å². The molecule has 0 atom stereocenters. The average Bonchev–Trinajstić information content (AvgIpc) is 3.56. The second-order valence-electron chi connectivity index (χ2n) is 13.1. The number of ether oxygens (including phenoxy) is 1. The molecular formula is C33H42BrN10O2P. The average molecular weight is 722 g/mol. The van der Waals surface area contributed by atoms with Crippen LogP contribution in [0.2, 0.25) is 0 Å². The van der Waals surface area contributed by atoms with Crippen LogP contribution in [0.4, 0.5) is 29.0 Å². The standard InChI is InChI=1S/C33H42BrN10O2P/c1-42-16-18-43(19-17-42)21-10-14-44(15-11-21)31-23-7-5-6-22(23)27(32(41-31)46-2)39-33-37-20-24(34)30(40-33)38-26-9-8-25-28(36-13-12-35-25)29(26)47(3,4)45/h8-9,12-13,20-21H,5-7,10-11,14-19H2,1-4H3,(H2,37,38,39,40). The zero-order valence-corrected chi connectivity index (χ0v) is 29.9. The number of methoxy groups -OCH3 is 1. The summed E-state index contributed by atoms with van der Waals surface area (Å²) < 4.78 is 20.0. The van der Waals surface area contributed by atoms with Gasteiger partial charge in [-0.05, 0) is 86.1 Å². The van der Waals surface area contributed by atoms with Gasteiger partial charge in [0.25, 0.3) is 0 Å². The lowest BCUT2D eigenvalue weighted by molar-refractivity contribution is 0.0981. The summed E-state index contributed by atoms with van der Waals surface area (Å²) in [6.45, 7) is 10.1. The number of piperidine rings is 1. The third-order valence-electron chi connectivity index (χ3n) is 9.61. The first-order chi connectivity index (χ1) is 22.7. The van der Waals surface area contributed by atoms with Gasteiger partial charge in [-0.25, -0.2) is 4.98 Å². The summed E-state index contributed by atoms with van der Waals surface area (Å²) in [6.07, 6.45) is 10.3. The minimum atomic E-state index is -2.74. The van der Waals surface area contributed by atoms with Crippen LogP contribution in [0, 0.1) is 0 Å². The van der Waals surface area contributed by atoms with Gasteiger partial charge in [0, 0.05) is 69.5 Å². The summed E-state index contributed by atoms with van der Waals surface area (Å²) in [6, 6.07) is 4.39. The Morgan fingerprint density at radius 3 is 2.43 bits per heavy atom. The molecule has 248 valence electrons. The minimum Gasteiger partial charge on any atom is -0.479 e. The van der Waals surface area contributed by atoms with E-state index >= 15 is 0 Å². The van der Waals surface area contributed by atoms with E-state index in [2.05, 4.69) is 63.3 Å². The van der Waals surface area contributed by atoms with Gasteiger partial charge < -0.3 is 29.7 Å². The Morgan fingerprint density at radius 2 is 1.68 bits per heavy atom. The maximum atomic E-state index is 13.5. The summed E-state index contributed by atoms with van der Waals surface area (Å²) in [4.78, 5) is 31.0. The Balaban J connectivity index is 1.15. The fourth-order valence-electron chi connectivity index (χ4n) is 7.21. The molecule has 2 aliphatic heterocycles. The van der Waals surface area contributed by atoms with Crippen molar-refractivity contribution in [2.45, 2.75) is 38.1 Å². The maximum Gasteiger partial charge on any atom is 0.239 e. The lowest BCUT2D eigenvalue weighted by atomic mass is 10.0. The second kappa shape index (κ2) is 13.3. The summed E-state index contributed by atoms with van der Waals surface area (Å²) in [5, 5.41) is 7.48. The first-order valence-electron chi connectivity index (χ1n) is 16.3. The smallest absolute Gasteiger partial charge is 0.239 e. The lowest BCUT2D eigenvalue weighted by Gasteiger charge is -2.42. The molecule has 7 rings (SSSR count). The first-order valence-corrected chi connectivity index (χ1v) is 19.7. The van der Waals surface area contributed by atoms with Gasteiger partial charge in [-0.3, -0.25) is 14.9 Å². The number of pyridine rings is 1. The molecule has 2 saturated heterocycles. The Morgan fingerprint density at radius 1 is 0.936 bits per heavy atom. The Kier molecular flexibility index (Phi) is 9.08. The van der Waals surface area contributed by atoms with E-state index < -0.39 is 7.14 Å². The molecule has 0 saturated carbocycles. The van der Waals surface area contributed by atoms with Crippen molar-refractivity contribution in [3.05, 3.63) is 46.3 Å². The fraction of sp³-hybridized carbons (Fsp3) is 0.485. The van der Waals surface area contributed by atoms with Gasteiger partial charge in [-0.15, -0.1) is 0 Å². The monoisotopic (exact) mass is 720 g/mol. The van der Waals surface area contributed by atoms with E-state index in [0.29, 0.717) is 50.2 Å². The van der Waals surface area contributed by atoms with E-state index in [1.807, 2.05) is 12.1 Å². The molecule has 5 heterocycles. The van der Waals surface area contributed by atoms with Gasteiger partial charge in [0.15, 0.2) is 0 Å². The number of piperazine rings is 1. The zero-order valence-electron chi connectivity index (χ0n) is 27.5. The van der Waals surface area contributed by atoms with E-state index in [1.165, 1.54) is 11.1 Å². The zero-order chi connectivity index (χ0) is 32.7. The molecule has 3 aromatic heterocycles. The van der Waals surface area contributed by atoms with Crippen LogP contribution in [0.1, 0.15) is 30.4 Å². The Bertz CT molecular complexity index is 1840. The van der Waals surface area contributed by atoms with E-state index in [4.69, 9.17) is 14.7 Å². The third kappa shape index (κ3) is 6.55. The molecule has 0 amide bonds. The van der Waals surface area contributed by atoms with Crippen molar-refractivity contribution >= 4 is 68.4 Å². The summed E-state index contributed by atoms with van der Waals surface area (Å²) in [5.74, 6) is 2.55. The van der Waals surface area contributed by atoms with Crippen LogP contribution in [-0.4, -0.2) is 108 Å². The molecule has 47 heavy (non-hydrogen) atoms. The summed E-state index contributed by atoms with van der Waals surface area (Å²) >= 11 is 3.60. The minimum absolute atomic E-state index is 0.406. The molecule has 14 heteroatoms. The van der Waals surface area contributed by atoms with Crippen molar-refractivity contribution in [3.63, 3.8) is 0 Å². The van der Waals surface area contributed by atoms with Crippen molar-refractivity contribution in [3.8, 4) is 5.88 Å². The van der Waals surface area contributed by atoms with Crippen LogP contribution in [0.25, 0.3) is 11.0 Å². The number of anilines is 5. The topological polar surface area (TPSA) is 125 Å². The van der Waals surface area contributed by atoms with Crippen molar-refractivity contribution < 1.29 is 9.30 Å². The van der Waals surface area contributed by atoms with E-state index in [0.717, 1.165) is 82.9 Å². The number of aromatic nitrogens is 5. The molecular weight excluding hydrogens is 679 g/mol. The van der Waals surface area contributed by atoms with Crippen molar-refractivity contribution in [2.75, 3.05) is 82.3 Å². The van der Waals surface area contributed by atoms with Gasteiger partial charge in [0.05, 0.1) is 28.1 Å². The highest BCUT2D eigenvalue weighted by Crippen LogP contribution is 2.43. The normalized spacial score (nSPS) is 18.0. The molecule has 1 aliphatic carbocycles. The molecule has 2 N–H and O–H groups in total. The number of likely N-dealkylation sites (N-methyl/N-ethyl adjacent to an activating group) is 1. The number of hydrogen-bond acceptors (Lipinski definition) is 12. The van der Waals surface area contributed by atoms with Crippen molar-refractivity contribution in [1.29, 1.82) is 0 Å². The first kappa shape index (κ1) is 32.2. The maximum absolute atomic E-state index is 13.5. The third-order valence-corrected chi connectivity index (χ3v) is 11.7. The quantitative estimate of drug-likeness (QED) is 0.238. The lowest BCUT2D eigenvalue weighted by Crippen LogP contribution is -2.52. The Labute approximate surface area is 284 Å². The molecule has 3 aliphatic rings. The highest BCUT2D eigenvalue weighted by Gasteiger charge is 2.32. The molecule has 0 radical (unpaired) electrons. The molecule has 2 fully saturated rings. The van der Waals surface area contributed by atoms with Crippen LogP contribution in [0.5, 0.6) is 5.88 Å². The summed E-state index contributed by atoms with van der Waals surface area (Å²) in [5.41, 5.74) is 5.31. The highest BCUT2D eigenvalue weighted by molar-refractivity contribution is 9.10. The SMILES string of the molecule is COc1nc(N2CCC(N3CCN(C)CC3)CC2)c2c(c1Nc1ncc(Br)c(Nc3ccc4nccnc4c3P(C)(C)=O)n1)CCC2. The van der Waals surface area contributed by atoms with Crippen LogP contribution in [0.15, 0.2) is 35.2 Å². The van der Waals surface area contributed by atoms with Gasteiger partial charge >= 0.3 is 0 Å².